The summed E-state index contributed by atoms with van der Waals surface area (Å²) in [6.07, 6.45) is 0. The molecule has 0 aliphatic heterocycles. The van der Waals surface area contributed by atoms with Crippen LogP contribution in [0.25, 0.3) is 22.2 Å². The first kappa shape index (κ1) is 17.6. The molecule has 0 bridgehead atoms. The fraction of sp³-hybridized carbons (Fsp3) is 0.0588. The maximum atomic E-state index is 14.2. The van der Waals surface area contributed by atoms with Crippen LogP contribution in [0.2, 0.25) is 0 Å². The number of aromatic nitrogens is 1. The minimum absolute atomic E-state index is 0.00124. The van der Waals surface area contributed by atoms with Crippen LogP contribution in [0.1, 0.15) is 10.4 Å². The van der Waals surface area contributed by atoms with E-state index in [0.29, 0.717) is 0 Å². The van der Waals surface area contributed by atoms with Gasteiger partial charge in [0, 0.05) is 18.0 Å². The number of fused-ring (bicyclic) bond motifs is 1. The molecule has 4 nitrogen and oxygen atoms in total. The van der Waals surface area contributed by atoms with Crippen molar-refractivity contribution < 1.29 is 36.6 Å². The molecule has 0 aliphatic carbocycles. The average molecular weight is 369 g/mol. The lowest BCUT2D eigenvalue weighted by molar-refractivity contribution is -0.131. The largest absolute Gasteiger partial charge is 0.475 e. The molecule has 0 amide bonds. The highest BCUT2D eigenvalue weighted by atomic mass is 19.2. The van der Waals surface area contributed by atoms with Crippen molar-refractivity contribution >= 4 is 22.7 Å². The van der Waals surface area contributed by atoms with E-state index in [1.165, 1.54) is 31.3 Å². The van der Waals surface area contributed by atoms with Gasteiger partial charge < -0.3 is 9.67 Å². The van der Waals surface area contributed by atoms with Crippen LogP contribution in [0, 0.1) is 29.1 Å². The third-order valence-corrected chi connectivity index (χ3v) is 3.97. The molecule has 26 heavy (non-hydrogen) atoms. The number of para-hydroxylation sites is 1. The van der Waals surface area contributed by atoms with Crippen molar-refractivity contribution in [1.82, 2.24) is 4.57 Å². The summed E-state index contributed by atoms with van der Waals surface area (Å²) in [5.41, 5.74) is -2.58. The normalized spacial score (nSPS) is 11.2. The zero-order chi connectivity index (χ0) is 19.3. The van der Waals surface area contributed by atoms with Crippen LogP contribution in [0.4, 0.5) is 22.0 Å². The molecule has 0 saturated heterocycles. The first-order valence-electron chi connectivity index (χ1n) is 7.05. The maximum absolute atomic E-state index is 14.2. The van der Waals surface area contributed by atoms with Crippen molar-refractivity contribution in [2.75, 3.05) is 0 Å². The number of aryl methyl sites for hydroxylation is 1. The Morgan fingerprint density at radius 1 is 0.885 bits per heavy atom. The monoisotopic (exact) mass is 369 g/mol. The fourth-order valence-electron chi connectivity index (χ4n) is 2.84. The molecule has 0 radical (unpaired) electrons. The van der Waals surface area contributed by atoms with Gasteiger partial charge in [0.25, 0.3) is 5.78 Å². The molecule has 1 N–H and O–H groups in total. The molecule has 1 heterocycles. The summed E-state index contributed by atoms with van der Waals surface area (Å²) in [6, 6.07) is 5.65. The van der Waals surface area contributed by atoms with Gasteiger partial charge in [0.1, 0.15) is 0 Å². The van der Waals surface area contributed by atoms with Gasteiger partial charge in [0.2, 0.25) is 5.82 Å². The third-order valence-electron chi connectivity index (χ3n) is 3.97. The number of rotatable bonds is 3. The van der Waals surface area contributed by atoms with Gasteiger partial charge in [-0.1, -0.05) is 18.2 Å². The van der Waals surface area contributed by atoms with E-state index in [1.807, 2.05) is 0 Å². The van der Waals surface area contributed by atoms with Crippen LogP contribution < -0.4 is 0 Å². The second-order valence-corrected chi connectivity index (χ2v) is 5.38. The second-order valence-electron chi connectivity index (χ2n) is 5.38. The molecule has 1 aromatic heterocycles. The molecule has 0 aliphatic rings. The highest BCUT2D eigenvalue weighted by molar-refractivity contribution is 6.43. The number of hydrogen-bond acceptors (Lipinski definition) is 2. The topological polar surface area (TPSA) is 59.3 Å². The average Bonchev–Trinajstić information content (AvgIpc) is 2.91. The zero-order valence-electron chi connectivity index (χ0n) is 12.9. The Bertz CT molecular complexity index is 1070. The Balaban J connectivity index is 2.56. The summed E-state index contributed by atoms with van der Waals surface area (Å²) in [4.78, 5) is 23.2. The number of nitrogens with zero attached hydrogens (tertiary/aromatic N) is 1. The number of ketones is 1. The summed E-state index contributed by atoms with van der Waals surface area (Å²) >= 11 is 0. The Kier molecular flexibility index (Phi) is 4.02. The van der Waals surface area contributed by atoms with E-state index in [9.17, 15) is 31.5 Å². The van der Waals surface area contributed by atoms with Crippen molar-refractivity contribution in [3.05, 3.63) is 58.9 Å². The highest BCUT2D eigenvalue weighted by Gasteiger charge is 2.33. The number of carbonyl (C=O) groups excluding carboxylic acids is 1. The van der Waals surface area contributed by atoms with Gasteiger partial charge in [-0.05, 0) is 6.07 Å². The Labute approximate surface area is 142 Å². The molecule has 0 unspecified atom stereocenters. The number of carboxylic acid groups (broad SMARTS) is 1. The first-order valence-corrected chi connectivity index (χ1v) is 7.05. The number of carboxylic acids is 1. The second kappa shape index (κ2) is 5.94. The summed E-state index contributed by atoms with van der Waals surface area (Å²) in [7, 11) is 1.22. The van der Waals surface area contributed by atoms with E-state index < -0.39 is 57.7 Å². The molecular formula is C17H8F5NO3. The predicted octanol–water partition coefficient (Wildman–Crippen LogP) is 3.81. The van der Waals surface area contributed by atoms with E-state index >= 15 is 0 Å². The van der Waals surface area contributed by atoms with E-state index in [4.69, 9.17) is 5.11 Å². The van der Waals surface area contributed by atoms with Gasteiger partial charge in [-0.3, -0.25) is 4.79 Å². The standard InChI is InChI=1S/C17H8F5NO3/c1-23-7-5-3-2-4-6(7)8(16(24)17(25)26)15(23)9-10(18)12(20)14(22)13(21)11(9)19/h2-5H,1H3,(H,25,26). The summed E-state index contributed by atoms with van der Waals surface area (Å²) in [5.74, 6) is -14.5. The number of halogens is 5. The van der Waals surface area contributed by atoms with Crippen LogP contribution in [0.5, 0.6) is 0 Å². The SMILES string of the molecule is Cn1c(-c2c(F)c(F)c(F)c(F)c2F)c(C(=O)C(=O)O)c2ccccc21. The zero-order valence-corrected chi connectivity index (χ0v) is 12.9. The van der Waals surface area contributed by atoms with Crippen molar-refractivity contribution in [2.45, 2.75) is 0 Å². The maximum Gasteiger partial charge on any atom is 0.377 e. The van der Waals surface area contributed by atoms with E-state index in [1.54, 1.807) is 0 Å². The molecule has 3 rings (SSSR count). The van der Waals surface area contributed by atoms with Crippen LogP contribution >= 0.6 is 0 Å². The minimum atomic E-state index is -2.35. The first-order chi connectivity index (χ1) is 12.2. The predicted molar refractivity (Wildman–Crippen MR) is 80.1 cm³/mol. The van der Waals surface area contributed by atoms with Crippen LogP contribution in [-0.2, 0) is 11.8 Å². The van der Waals surface area contributed by atoms with Crippen LogP contribution in [0.15, 0.2) is 24.3 Å². The molecule has 134 valence electrons. The Morgan fingerprint density at radius 3 is 1.92 bits per heavy atom. The number of benzene rings is 2. The van der Waals surface area contributed by atoms with Crippen LogP contribution in [0.3, 0.4) is 0 Å². The summed E-state index contributed by atoms with van der Waals surface area (Å²) < 4.78 is 70.0. The van der Waals surface area contributed by atoms with Gasteiger partial charge in [-0.15, -0.1) is 0 Å². The van der Waals surface area contributed by atoms with Crippen molar-refractivity contribution in [3.63, 3.8) is 0 Å². The van der Waals surface area contributed by atoms with Crippen molar-refractivity contribution in [2.24, 2.45) is 7.05 Å². The van der Waals surface area contributed by atoms with Crippen LogP contribution in [-0.4, -0.2) is 21.4 Å². The Morgan fingerprint density at radius 2 is 1.38 bits per heavy atom. The molecule has 0 saturated carbocycles. The smallest absolute Gasteiger partial charge is 0.377 e. The fourth-order valence-corrected chi connectivity index (χ4v) is 2.84. The minimum Gasteiger partial charge on any atom is -0.475 e. The lowest BCUT2D eigenvalue weighted by Gasteiger charge is -2.11. The lowest BCUT2D eigenvalue weighted by atomic mass is 10.00. The quantitative estimate of drug-likeness (QED) is 0.251. The molecule has 9 heteroatoms. The molecule has 0 atom stereocenters. The summed E-state index contributed by atoms with van der Waals surface area (Å²) in [5, 5.41) is 9.01. The molecule has 0 fully saturated rings. The lowest BCUT2D eigenvalue weighted by Crippen LogP contribution is -2.15. The van der Waals surface area contributed by atoms with Gasteiger partial charge >= 0.3 is 5.97 Å². The molecule has 2 aromatic carbocycles. The van der Waals surface area contributed by atoms with E-state index in [0.717, 1.165) is 4.57 Å². The molecule has 3 aromatic rings. The molecule has 0 spiro atoms. The molecular weight excluding hydrogens is 361 g/mol. The number of aliphatic carboxylic acids is 1. The third kappa shape index (κ3) is 2.27. The van der Waals surface area contributed by atoms with Gasteiger partial charge in [-0.25, -0.2) is 26.7 Å². The van der Waals surface area contributed by atoms with E-state index in [-0.39, 0.29) is 10.9 Å². The van der Waals surface area contributed by atoms with Gasteiger partial charge in [-0.2, -0.15) is 0 Å². The number of Topliss-reactive ketones (excluding diaryl/α,β-unsaturated/α-hetero) is 1. The van der Waals surface area contributed by atoms with Gasteiger partial charge in [0.05, 0.1) is 16.8 Å². The number of hydrogen-bond donors (Lipinski definition) is 1. The van der Waals surface area contributed by atoms with E-state index in [2.05, 4.69) is 0 Å². The van der Waals surface area contributed by atoms with Crippen molar-refractivity contribution in [3.8, 4) is 11.3 Å². The Hall–Kier alpha value is -3.23. The highest BCUT2D eigenvalue weighted by Crippen LogP contribution is 2.38. The summed E-state index contributed by atoms with van der Waals surface area (Å²) in [6.45, 7) is 0. The van der Waals surface area contributed by atoms with Gasteiger partial charge in [0.15, 0.2) is 23.3 Å². The van der Waals surface area contributed by atoms with Crippen molar-refractivity contribution in [1.29, 1.82) is 0 Å². The number of carbonyl (C=O) groups is 2.